The topological polar surface area (TPSA) is 21.3 Å². The Morgan fingerprint density at radius 2 is 2.56 bits per heavy atom. The third-order valence-corrected chi connectivity index (χ3v) is 1.53. The Kier molecular flexibility index (Phi) is 2.82. The zero-order valence-corrected chi connectivity index (χ0v) is 6.53. The van der Waals surface area contributed by atoms with Gasteiger partial charge in [0.15, 0.2) is 0 Å². The van der Waals surface area contributed by atoms with Gasteiger partial charge in [-0.05, 0) is 19.9 Å². The maximum absolute atomic E-state index is 5.41. The Balaban J connectivity index is 2.11. The average Bonchev–Trinajstić information content (AvgIpc) is 2.15. The third kappa shape index (κ3) is 2.56. The van der Waals surface area contributed by atoms with Crippen LogP contribution in [0.5, 0.6) is 0 Å². The van der Waals surface area contributed by atoms with Gasteiger partial charge in [0.2, 0.25) is 0 Å². The summed E-state index contributed by atoms with van der Waals surface area (Å²) in [6.07, 6.45) is 1.53. The molecular weight excluding hydrogens is 134 g/mol. The number of hydrogen-bond acceptors (Lipinski definition) is 3. The van der Waals surface area contributed by atoms with Crippen LogP contribution in [0.3, 0.4) is 0 Å². The molecule has 1 N–H and O–H groups in total. The van der Waals surface area contributed by atoms with Gasteiger partial charge in [0.25, 0.3) is 0 Å². The fourth-order valence-corrected chi connectivity index (χ4v) is 1.19. The van der Waals surface area contributed by atoms with E-state index < -0.39 is 0 Å². The van der Waals surface area contributed by atoms with E-state index in [2.05, 4.69) is 17.9 Å². The molecule has 1 aliphatic heterocycles. The molecule has 0 bridgehead atoms. The highest BCUT2D eigenvalue weighted by Gasteiger charge is 2.15. The van der Waals surface area contributed by atoms with Crippen molar-refractivity contribution >= 4 is 12.6 Å². The molecular formula is C6H13NOS. The number of hydrogen-bond donors (Lipinski definition) is 2. The van der Waals surface area contributed by atoms with Gasteiger partial charge >= 0.3 is 0 Å². The lowest BCUT2D eigenvalue weighted by Crippen LogP contribution is -2.19. The van der Waals surface area contributed by atoms with Crippen molar-refractivity contribution in [1.82, 2.24) is 5.32 Å². The number of ether oxygens (including phenoxy) is 1. The highest BCUT2D eigenvalue weighted by atomic mass is 32.1. The molecule has 2 nitrogen and oxygen atoms in total. The summed E-state index contributed by atoms with van der Waals surface area (Å²) in [5.74, 6) is 0. The van der Waals surface area contributed by atoms with Gasteiger partial charge < -0.3 is 10.1 Å². The fraction of sp³-hybridized carbons (Fsp3) is 1.00. The molecule has 0 saturated carbocycles. The Hall–Kier alpha value is 0.270. The Morgan fingerprint density at radius 3 is 3.00 bits per heavy atom. The number of rotatable bonds is 2. The predicted molar refractivity (Wildman–Crippen MR) is 40.8 cm³/mol. The highest BCUT2D eigenvalue weighted by Crippen LogP contribution is 2.07. The largest absolute Gasteiger partial charge is 0.364 e. The first-order valence-corrected chi connectivity index (χ1v) is 3.85. The summed E-state index contributed by atoms with van der Waals surface area (Å²) in [5, 5.41) is 3.22. The summed E-state index contributed by atoms with van der Waals surface area (Å²) < 4.78 is 5.41. The fourth-order valence-electron chi connectivity index (χ4n) is 1.02. The van der Waals surface area contributed by atoms with Crippen LogP contribution in [0.1, 0.15) is 13.3 Å². The molecule has 1 saturated heterocycles. The minimum atomic E-state index is 0.0786. The van der Waals surface area contributed by atoms with E-state index in [-0.39, 0.29) is 5.44 Å². The van der Waals surface area contributed by atoms with Crippen LogP contribution >= 0.6 is 12.6 Å². The number of nitrogens with one attached hydrogen (secondary N) is 1. The summed E-state index contributed by atoms with van der Waals surface area (Å²) in [7, 11) is 0. The number of thiol groups is 1. The van der Waals surface area contributed by atoms with Crippen molar-refractivity contribution < 1.29 is 4.74 Å². The van der Waals surface area contributed by atoms with Gasteiger partial charge in [0.05, 0.1) is 11.5 Å². The van der Waals surface area contributed by atoms with Crippen molar-refractivity contribution in [1.29, 1.82) is 0 Å². The Labute approximate surface area is 61.4 Å². The highest BCUT2D eigenvalue weighted by molar-refractivity contribution is 7.80. The summed E-state index contributed by atoms with van der Waals surface area (Å²) in [4.78, 5) is 0. The van der Waals surface area contributed by atoms with E-state index >= 15 is 0 Å². The van der Waals surface area contributed by atoms with Crippen molar-refractivity contribution in [2.75, 3.05) is 13.1 Å². The van der Waals surface area contributed by atoms with Crippen molar-refractivity contribution in [3.63, 3.8) is 0 Å². The molecule has 3 heteroatoms. The predicted octanol–water partition coefficient (Wildman–Crippen LogP) is 0.641. The molecule has 2 atom stereocenters. The molecule has 0 aromatic rings. The van der Waals surface area contributed by atoms with E-state index in [9.17, 15) is 0 Å². The van der Waals surface area contributed by atoms with E-state index in [0.717, 1.165) is 19.5 Å². The Morgan fingerprint density at radius 1 is 1.78 bits per heavy atom. The molecule has 0 aromatic heterocycles. The first kappa shape index (κ1) is 7.38. The van der Waals surface area contributed by atoms with E-state index in [1.165, 1.54) is 0 Å². The van der Waals surface area contributed by atoms with Crippen molar-refractivity contribution in [2.24, 2.45) is 0 Å². The second kappa shape index (κ2) is 3.44. The molecule has 1 heterocycles. The van der Waals surface area contributed by atoms with Gasteiger partial charge in [-0.3, -0.25) is 0 Å². The molecule has 1 aliphatic rings. The van der Waals surface area contributed by atoms with E-state index in [4.69, 9.17) is 4.74 Å². The second-order valence-electron chi connectivity index (χ2n) is 2.35. The molecule has 0 radical (unpaired) electrons. The van der Waals surface area contributed by atoms with Crippen molar-refractivity contribution in [3.05, 3.63) is 0 Å². The molecule has 0 amide bonds. The summed E-state index contributed by atoms with van der Waals surface area (Å²) in [6.45, 7) is 4.03. The minimum Gasteiger partial charge on any atom is -0.364 e. The second-order valence-corrected chi connectivity index (χ2v) is 3.08. The standard InChI is InChI=1S/C6H13NOS/c1-5(9)8-6-2-3-7-4-6/h5-7,9H,2-4H2,1H3. The lowest BCUT2D eigenvalue weighted by molar-refractivity contribution is 0.0587. The lowest BCUT2D eigenvalue weighted by Gasteiger charge is -2.12. The molecule has 2 unspecified atom stereocenters. The van der Waals surface area contributed by atoms with Gasteiger partial charge in [-0.25, -0.2) is 0 Å². The van der Waals surface area contributed by atoms with Crippen LogP contribution in [-0.2, 0) is 4.74 Å². The SMILES string of the molecule is CC(S)OC1CCNC1. The van der Waals surface area contributed by atoms with Crippen LogP contribution < -0.4 is 5.32 Å². The van der Waals surface area contributed by atoms with Crippen LogP contribution in [0.2, 0.25) is 0 Å². The summed E-state index contributed by atoms with van der Waals surface area (Å²) in [6, 6.07) is 0. The van der Waals surface area contributed by atoms with E-state index in [1.807, 2.05) is 6.92 Å². The van der Waals surface area contributed by atoms with Gasteiger partial charge in [-0.15, -0.1) is 12.6 Å². The molecule has 9 heavy (non-hydrogen) atoms. The maximum Gasteiger partial charge on any atom is 0.0975 e. The minimum absolute atomic E-state index is 0.0786. The first-order valence-electron chi connectivity index (χ1n) is 3.33. The first-order chi connectivity index (χ1) is 4.29. The quantitative estimate of drug-likeness (QED) is 0.442. The van der Waals surface area contributed by atoms with Crippen molar-refractivity contribution in [2.45, 2.75) is 24.9 Å². The molecule has 1 rings (SSSR count). The third-order valence-electron chi connectivity index (χ3n) is 1.40. The van der Waals surface area contributed by atoms with Crippen LogP contribution in [0.15, 0.2) is 0 Å². The van der Waals surface area contributed by atoms with E-state index in [0.29, 0.717) is 6.10 Å². The van der Waals surface area contributed by atoms with E-state index in [1.54, 1.807) is 0 Å². The molecule has 0 aromatic carbocycles. The van der Waals surface area contributed by atoms with Crippen LogP contribution in [0.4, 0.5) is 0 Å². The average molecular weight is 147 g/mol. The lowest BCUT2D eigenvalue weighted by atomic mass is 10.3. The molecule has 0 aliphatic carbocycles. The van der Waals surface area contributed by atoms with Crippen LogP contribution in [0, 0.1) is 0 Å². The zero-order valence-electron chi connectivity index (χ0n) is 5.63. The summed E-state index contributed by atoms with van der Waals surface area (Å²) in [5.41, 5.74) is 0.0786. The van der Waals surface area contributed by atoms with Gasteiger partial charge in [-0.1, -0.05) is 0 Å². The zero-order chi connectivity index (χ0) is 6.69. The monoisotopic (exact) mass is 147 g/mol. The smallest absolute Gasteiger partial charge is 0.0975 e. The van der Waals surface area contributed by atoms with Crippen LogP contribution in [-0.4, -0.2) is 24.6 Å². The van der Waals surface area contributed by atoms with Gasteiger partial charge in [-0.2, -0.15) is 0 Å². The van der Waals surface area contributed by atoms with Gasteiger partial charge in [0, 0.05) is 6.54 Å². The molecule has 0 spiro atoms. The summed E-state index contributed by atoms with van der Waals surface area (Å²) >= 11 is 4.12. The van der Waals surface area contributed by atoms with Gasteiger partial charge in [0.1, 0.15) is 0 Å². The van der Waals surface area contributed by atoms with Crippen LogP contribution in [0.25, 0.3) is 0 Å². The molecule has 54 valence electrons. The Bertz CT molecular complexity index is 81.1. The molecule has 1 fully saturated rings. The normalized spacial score (nSPS) is 30.7. The van der Waals surface area contributed by atoms with Crippen molar-refractivity contribution in [3.8, 4) is 0 Å². The maximum atomic E-state index is 5.41.